The van der Waals surface area contributed by atoms with E-state index in [-0.39, 0.29) is 17.4 Å². The molecule has 8 heteroatoms. The van der Waals surface area contributed by atoms with Gasteiger partial charge in [-0.2, -0.15) is 0 Å². The van der Waals surface area contributed by atoms with Gasteiger partial charge in [0.15, 0.2) is 10.1 Å². The van der Waals surface area contributed by atoms with Crippen molar-refractivity contribution in [2.75, 3.05) is 22.9 Å². The predicted octanol–water partition coefficient (Wildman–Crippen LogP) is 3.29. The third-order valence-electron chi connectivity index (χ3n) is 2.81. The topological polar surface area (TPSA) is 84.0 Å². The van der Waals surface area contributed by atoms with Crippen molar-refractivity contribution in [3.63, 3.8) is 0 Å². The van der Waals surface area contributed by atoms with Gasteiger partial charge in [0.25, 0.3) is 0 Å². The van der Waals surface area contributed by atoms with Crippen molar-refractivity contribution in [1.29, 1.82) is 0 Å². The molecule has 0 aliphatic carbocycles. The zero-order valence-corrected chi connectivity index (χ0v) is 14.6. The number of hydrogen-bond donors (Lipinski definition) is 2. The minimum atomic E-state index is -0.144. The summed E-state index contributed by atoms with van der Waals surface area (Å²) in [4.78, 5) is 23.3. The smallest absolute Gasteiger partial charge is 0.234 e. The molecular weight excluding hydrogens is 332 g/mol. The first kappa shape index (κ1) is 17.4. The van der Waals surface area contributed by atoms with Gasteiger partial charge < -0.3 is 10.6 Å². The molecule has 0 fully saturated rings. The Balaban J connectivity index is 1.84. The van der Waals surface area contributed by atoms with Gasteiger partial charge in [-0.3, -0.25) is 9.59 Å². The van der Waals surface area contributed by atoms with Crippen LogP contribution in [0.15, 0.2) is 28.6 Å². The summed E-state index contributed by atoms with van der Waals surface area (Å²) in [7, 11) is 0. The van der Waals surface area contributed by atoms with Crippen LogP contribution in [0.5, 0.6) is 0 Å². The van der Waals surface area contributed by atoms with E-state index in [1.54, 1.807) is 24.3 Å². The Morgan fingerprint density at radius 3 is 2.87 bits per heavy atom. The molecule has 0 radical (unpaired) electrons. The van der Waals surface area contributed by atoms with Crippen LogP contribution in [0, 0.1) is 0 Å². The Hall–Kier alpha value is -1.93. The molecular formula is C15H18N4O2S2. The molecule has 1 heterocycles. The number of hydrogen-bond acceptors (Lipinski definition) is 7. The summed E-state index contributed by atoms with van der Waals surface area (Å²) in [6.45, 7) is 4.43. The van der Waals surface area contributed by atoms with Crippen LogP contribution in [-0.4, -0.2) is 34.2 Å². The molecule has 0 saturated carbocycles. The zero-order chi connectivity index (χ0) is 16.7. The summed E-state index contributed by atoms with van der Waals surface area (Å²) in [5.74, 6) is 0.0672. The van der Waals surface area contributed by atoms with Gasteiger partial charge in [-0.25, -0.2) is 0 Å². The fourth-order valence-electron chi connectivity index (χ4n) is 1.71. The number of benzene rings is 1. The molecule has 0 unspecified atom stereocenters. The number of thioether (sulfide) groups is 1. The first-order valence-electron chi connectivity index (χ1n) is 7.19. The van der Waals surface area contributed by atoms with Crippen molar-refractivity contribution in [3.05, 3.63) is 29.8 Å². The van der Waals surface area contributed by atoms with E-state index in [4.69, 9.17) is 0 Å². The number of aromatic nitrogens is 2. The van der Waals surface area contributed by atoms with Crippen molar-refractivity contribution in [3.8, 4) is 0 Å². The molecule has 2 rings (SSSR count). The zero-order valence-electron chi connectivity index (χ0n) is 13.0. The van der Waals surface area contributed by atoms with Crippen LogP contribution in [0.3, 0.4) is 0 Å². The molecule has 0 aliphatic heterocycles. The van der Waals surface area contributed by atoms with Crippen LogP contribution in [0.4, 0.5) is 10.8 Å². The number of Topliss-reactive ketones (excluding diaryl/α,β-unsaturated/α-hetero) is 1. The predicted molar refractivity (Wildman–Crippen MR) is 94.5 cm³/mol. The van der Waals surface area contributed by atoms with E-state index in [1.165, 1.54) is 30.0 Å². The van der Waals surface area contributed by atoms with Crippen molar-refractivity contribution in [2.45, 2.75) is 24.6 Å². The number of anilines is 2. The van der Waals surface area contributed by atoms with Crippen molar-refractivity contribution in [1.82, 2.24) is 10.2 Å². The minimum absolute atomic E-state index is 0.0311. The molecule has 0 aliphatic rings. The van der Waals surface area contributed by atoms with Gasteiger partial charge in [-0.15, -0.1) is 10.2 Å². The lowest BCUT2D eigenvalue weighted by atomic mass is 10.1. The molecule has 1 amide bonds. The van der Waals surface area contributed by atoms with Gasteiger partial charge in [-0.1, -0.05) is 42.2 Å². The number of rotatable bonds is 8. The van der Waals surface area contributed by atoms with E-state index >= 15 is 0 Å². The summed E-state index contributed by atoms with van der Waals surface area (Å²) >= 11 is 2.77. The quantitative estimate of drug-likeness (QED) is 0.561. The normalized spacial score (nSPS) is 10.3. The number of carbonyl (C=O) groups excluding carboxylic acids is 2. The first-order chi connectivity index (χ1) is 11.1. The molecule has 0 saturated heterocycles. The number of nitrogens with zero attached hydrogens (tertiary/aromatic N) is 2. The van der Waals surface area contributed by atoms with Crippen LogP contribution >= 0.6 is 23.1 Å². The molecule has 0 atom stereocenters. The average Bonchev–Trinajstić information content (AvgIpc) is 2.99. The number of amides is 1. The molecule has 2 aromatic rings. The van der Waals surface area contributed by atoms with Gasteiger partial charge in [0.2, 0.25) is 11.0 Å². The maximum absolute atomic E-state index is 12.0. The van der Waals surface area contributed by atoms with Gasteiger partial charge in [0.1, 0.15) is 0 Å². The fraction of sp³-hybridized carbons (Fsp3) is 0.333. The fourth-order valence-corrected chi connectivity index (χ4v) is 3.29. The van der Waals surface area contributed by atoms with Gasteiger partial charge >= 0.3 is 0 Å². The largest absolute Gasteiger partial charge is 0.360 e. The van der Waals surface area contributed by atoms with Crippen LogP contribution in [0.2, 0.25) is 0 Å². The maximum Gasteiger partial charge on any atom is 0.234 e. The second-order valence-electron chi connectivity index (χ2n) is 4.77. The van der Waals surface area contributed by atoms with Crippen LogP contribution in [0.1, 0.15) is 30.6 Å². The Morgan fingerprint density at radius 2 is 2.13 bits per heavy atom. The third kappa shape index (κ3) is 5.65. The van der Waals surface area contributed by atoms with Crippen molar-refractivity contribution in [2.24, 2.45) is 0 Å². The van der Waals surface area contributed by atoms with E-state index in [2.05, 4.69) is 27.8 Å². The monoisotopic (exact) mass is 350 g/mol. The van der Waals surface area contributed by atoms with Crippen LogP contribution in [-0.2, 0) is 4.79 Å². The lowest BCUT2D eigenvalue weighted by Gasteiger charge is -2.05. The highest BCUT2D eigenvalue weighted by molar-refractivity contribution is 8.01. The summed E-state index contributed by atoms with van der Waals surface area (Å²) < 4.78 is 0.747. The van der Waals surface area contributed by atoms with Gasteiger partial charge in [0.05, 0.1) is 5.75 Å². The van der Waals surface area contributed by atoms with Gasteiger partial charge in [-0.05, 0) is 25.5 Å². The van der Waals surface area contributed by atoms with Crippen molar-refractivity contribution < 1.29 is 9.59 Å². The molecule has 1 aromatic heterocycles. The lowest BCUT2D eigenvalue weighted by Crippen LogP contribution is -2.14. The summed E-state index contributed by atoms with van der Waals surface area (Å²) in [6.07, 6.45) is 1.02. The number of ketones is 1. The minimum Gasteiger partial charge on any atom is -0.360 e. The SMILES string of the molecule is CCCNc1nnc(SCC(=O)Nc2cccc(C(C)=O)c2)s1. The van der Waals surface area contributed by atoms with E-state index < -0.39 is 0 Å². The molecule has 6 nitrogen and oxygen atoms in total. The lowest BCUT2D eigenvalue weighted by molar-refractivity contribution is -0.113. The molecule has 0 bridgehead atoms. The Kier molecular flexibility index (Phi) is 6.54. The van der Waals surface area contributed by atoms with Crippen LogP contribution < -0.4 is 10.6 Å². The molecule has 23 heavy (non-hydrogen) atoms. The van der Waals surface area contributed by atoms with E-state index in [0.29, 0.717) is 11.3 Å². The second-order valence-corrected chi connectivity index (χ2v) is 6.97. The van der Waals surface area contributed by atoms with E-state index in [1.807, 2.05) is 0 Å². The van der Waals surface area contributed by atoms with E-state index in [0.717, 1.165) is 22.4 Å². The molecule has 1 aromatic carbocycles. The molecule has 2 N–H and O–H groups in total. The number of nitrogens with one attached hydrogen (secondary N) is 2. The highest BCUT2D eigenvalue weighted by atomic mass is 32.2. The highest BCUT2D eigenvalue weighted by Gasteiger charge is 2.09. The summed E-state index contributed by atoms with van der Waals surface area (Å²) in [5, 5.41) is 14.7. The maximum atomic E-state index is 12.0. The van der Waals surface area contributed by atoms with Crippen LogP contribution in [0.25, 0.3) is 0 Å². The number of carbonyl (C=O) groups is 2. The Bertz CT molecular complexity index is 688. The Morgan fingerprint density at radius 1 is 1.30 bits per heavy atom. The molecule has 0 spiro atoms. The summed E-state index contributed by atoms with van der Waals surface area (Å²) in [5.41, 5.74) is 1.19. The van der Waals surface area contributed by atoms with Crippen molar-refractivity contribution >= 4 is 45.6 Å². The van der Waals surface area contributed by atoms with E-state index in [9.17, 15) is 9.59 Å². The standard InChI is InChI=1S/C15H18N4O2S2/c1-3-7-16-14-18-19-15(23-14)22-9-13(21)17-12-6-4-5-11(8-12)10(2)20/h4-6,8H,3,7,9H2,1-2H3,(H,16,18)(H,17,21). The Labute approximate surface area is 143 Å². The molecule has 122 valence electrons. The third-order valence-corrected chi connectivity index (χ3v) is 4.83. The van der Waals surface area contributed by atoms with Gasteiger partial charge in [0, 0.05) is 17.8 Å². The second kappa shape index (κ2) is 8.64. The first-order valence-corrected chi connectivity index (χ1v) is 8.99. The summed E-state index contributed by atoms with van der Waals surface area (Å²) in [6, 6.07) is 6.89. The average molecular weight is 350 g/mol. The highest BCUT2D eigenvalue weighted by Crippen LogP contribution is 2.25.